The third kappa shape index (κ3) is 5.01. The molecule has 2 aromatic rings. The van der Waals surface area contributed by atoms with Crippen molar-refractivity contribution in [1.82, 2.24) is 0 Å². The van der Waals surface area contributed by atoms with E-state index >= 15 is 0 Å². The normalized spacial score (nSPS) is 14.4. The first-order valence-corrected chi connectivity index (χ1v) is 9.93. The average Bonchev–Trinajstić information content (AvgIpc) is 2.86. The fourth-order valence-corrected chi connectivity index (χ4v) is 3.17. The molecule has 1 N–H and O–H groups in total. The van der Waals surface area contributed by atoms with Crippen LogP contribution in [0.1, 0.15) is 31.9 Å². The van der Waals surface area contributed by atoms with Crippen LogP contribution in [0.3, 0.4) is 0 Å². The highest BCUT2D eigenvalue weighted by Gasteiger charge is 2.37. The molecule has 8 heteroatoms. The van der Waals surface area contributed by atoms with Crippen molar-refractivity contribution < 1.29 is 19.1 Å². The van der Waals surface area contributed by atoms with E-state index in [4.69, 9.17) is 27.9 Å². The van der Waals surface area contributed by atoms with Crippen molar-refractivity contribution in [3.63, 3.8) is 0 Å². The van der Waals surface area contributed by atoms with E-state index in [0.717, 1.165) is 16.0 Å². The molecule has 2 aromatic carbocycles. The summed E-state index contributed by atoms with van der Waals surface area (Å²) in [5.74, 6) is -1.26. The SMILES string of the molecule is CC(C)(C)OC(=O)Nc1ccc(Cc2ccc(N3C(=O)C(Cl)=C(Cl)C3=O)cc2)cc1. The Bertz CT molecular complexity index is 999. The van der Waals surface area contributed by atoms with Crippen molar-refractivity contribution in [2.24, 2.45) is 0 Å². The minimum absolute atomic E-state index is 0.272. The zero-order valence-corrected chi connectivity index (χ0v) is 18.2. The number of ether oxygens (including phenoxy) is 1. The molecule has 0 radical (unpaired) electrons. The highest BCUT2D eigenvalue weighted by atomic mass is 35.5. The number of nitrogens with zero attached hydrogens (tertiary/aromatic N) is 1. The van der Waals surface area contributed by atoms with Gasteiger partial charge in [-0.2, -0.15) is 0 Å². The molecular weight excluding hydrogens is 427 g/mol. The molecule has 0 atom stereocenters. The first kappa shape index (κ1) is 21.9. The first-order chi connectivity index (χ1) is 14.0. The summed E-state index contributed by atoms with van der Waals surface area (Å²) in [5.41, 5.74) is 2.48. The molecule has 30 heavy (non-hydrogen) atoms. The Morgan fingerprint density at radius 2 is 1.37 bits per heavy atom. The summed E-state index contributed by atoms with van der Waals surface area (Å²) in [5, 5.41) is 2.14. The topological polar surface area (TPSA) is 75.7 Å². The standard InChI is InChI=1S/C22H20Cl2N2O4/c1-22(2,3)30-21(29)25-15-8-4-13(5-9-15)12-14-6-10-16(11-7-14)26-19(27)17(23)18(24)20(26)28/h4-11H,12H2,1-3H3,(H,25,29). The number of anilines is 2. The minimum Gasteiger partial charge on any atom is -0.444 e. The van der Waals surface area contributed by atoms with E-state index < -0.39 is 23.5 Å². The number of benzene rings is 2. The monoisotopic (exact) mass is 446 g/mol. The summed E-state index contributed by atoms with van der Waals surface area (Å²) in [6, 6.07) is 14.4. The molecular formula is C22H20Cl2N2O4. The van der Waals surface area contributed by atoms with E-state index in [9.17, 15) is 14.4 Å². The van der Waals surface area contributed by atoms with Crippen LogP contribution in [-0.4, -0.2) is 23.5 Å². The van der Waals surface area contributed by atoms with Crippen molar-refractivity contribution in [1.29, 1.82) is 0 Å². The number of carbonyl (C=O) groups excluding carboxylic acids is 3. The van der Waals surface area contributed by atoms with Gasteiger partial charge in [0, 0.05) is 5.69 Å². The molecule has 0 spiro atoms. The first-order valence-electron chi connectivity index (χ1n) is 9.17. The van der Waals surface area contributed by atoms with Crippen molar-refractivity contribution in [2.75, 3.05) is 10.2 Å². The van der Waals surface area contributed by atoms with Gasteiger partial charge in [-0.15, -0.1) is 0 Å². The van der Waals surface area contributed by atoms with E-state index in [0.29, 0.717) is 17.8 Å². The molecule has 0 saturated carbocycles. The number of halogens is 2. The van der Waals surface area contributed by atoms with Crippen LogP contribution in [0.5, 0.6) is 0 Å². The van der Waals surface area contributed by atoms with E-state index in [1.54, 1.807) is 45.0 Å². The number of rotatable bonds is 4. The van der Waals surface area contributed by atoms with Crippen LogP contribution in [0, 0.1) is 0 Å². The third-order valence-corrected chi connectivity index (χ3v) is 4.97. The second-order valence-corrected chi connectivity index (χ2v) is 8.50. The molecule has 0 fully saturated rings. The lowest BCUT2D eigenvalue weighted by Gasteiger charge is -2.19. The van der Waals surface area contributed by atoms with Crippen LogP contribution in [-0.2, 0) is 20.7 Å². The van der Waals surface area contributed by atoms with Gasteiger partial charge in [-0.05, 0) is 62.6 Å². The predicted octanol–water partition coefficient (Wildman–Crippen LogP) is 5.19. The van der Waals surface area contributed by atoms with Gasteiger partial charge in [0.25, 0.3) is 11.8 Å². The zero-order valence-electron chi connectivity index (χ0n) is 16.7. The van der Waals surface area contributed by atoms with Crippen molar-refractivity contribution in [3.05, 3.63) is 69.7 Å². The smallest absolute Gasteiger partial charge is 0.412 e. The van der Waals surface area contributed by atoms with Gasteiger partial charge in [0.1, 0.15) is 15.7 Å². The highest BCUT2D eigenvalue weighted by molar-refractivity contribution is 6.62. The Balaban J connectivity index is 1.63. The Morgan fingerprint density at radius 3 is 1.83 bits per heavy atom. The van der Waals surface area contributed by atoms with Crippen molar-refractivity contribution in [3.8, 4) is 0 Å². The van der Waals surface area contributed by atoms with E-state index in [-0.39, 0.29) is 10.1 Å². The van der Waals surface area contributed by atoms with E-state index in [2.05, 4.69) is 5.32 Å². The van der Waals surface area contributed by atoms with Crippen LogP contribution in [0.25, 0.3) is 0 Å². The number of amides is 3. The molecule has 1 aliphatic heterocycles. The zero-order chi connectivity index (χ0) is 22.1. The lowest BCUT2D eigenvalue weighted by molar-refractivity contribution is -0.120. The third-order valence-electron chi connectivity index (χ3n) is 4.18. The maximum absolute atomic E-state index is 12.1. The second-order valence-electron chi connectivity index (χ2n) is 7.74. The molecule has 3 rings (SSSR count). The van der Waals surface area contributed by atoms with Crippen LogP contribution >= 0.6 is 23.2 Å². The molecule has 0 aromatic heterocycles. The molecule has 1 aliphatic rings. The lowest BCUT2D eigenvalue weighted by atomic mass is 10.0. The van der Waals surface area contributed by atoms with Crippen molar-refractivity contribution >= 4 is 52.5 Å². The van der Waals surface area contributed by atoms with Crippen LogP contribution in [0.15, 0.2) is 58.6 Å². The van der Waals surface area contributed by atoms with Gasteiger partial charge < -0.3 is 4.74 Å². The van der Waals surface area contributed by atoms with Crippen LogP contribution in [0.2, 0.25) is 0 Å². The van der Waals surface area contributed by atoms with Crippen LogP contribution in [0.4, 0.5) is 16.2 Å². The van der Waals surface area contributed by atoms with Crippen molar-refractivity contribution in [2.45, 2.75) is 32.8 Å². The summed E-state index contributed by atoms with van der Waals surface area (Å²) in [4.78, 5) is 36.9. The highest BCUT2D eigenvalue weighted by Crippen LogP contribution is 2.31. The maximum atomic E-state index is 12.1. The number of imide groups is 1. The van der Waals surface area contributed by atoms with Gasteiger partial charge >= 0.3 is 6.09 Å². The Morgan fingerprint density at radius 1 is 0.900 bits per heavy atom. The van der Waals surface area contributed by atoms with Gasteiger partial charge in [-0.1, -0.05) is 47.5 Å². The fraction of sp³-hybridized carbons (Fsp3) is 0.227. The quantitative estimate of drug-likeness (QED) is 0.655. The molecule has 156 valence electrons. The summed E-state index contributed by atoms with van der Waals surface area (Å²) >= 11 is 11.5. The molecule has 0 aliphatic carbocycles. The number of carbonyl (C=O) groups is 3. The molecule has 0 bridgehead atoms. The number of hydrogen-bond acceptors (Lipinski definition) is 4. The summed E-state index contributed by atoms with van der Waals surface area (Å²) in [6.45, 7) is 5.41. The minimum atomic E-state index is -0.632. The van der Waals surface area contributed by atoms with Gasteiger partial charge in [0.2, 0.25) is 0 Å². The maximum Gasteiger partial charge on any atom is 0.412 e. The predicted molar refractivity (Wildman–Crippen MR) is 117 cm³/mol. The molecule has 1 heterocycles. The van der Waals surface area contributed by atoms with Crippen LogP contribution < -0.4 is 10.2 Å². The number of nitrogens with one attached hydrogen (secondary N) is 1. The molecule has 0 unspecified atom stereocenters. The number of hydrogen-bond donors (Lipinski definition) is 1. The Kier molecular flexibility index (Phi) is 6.19. The van der Waals surface area contributed by atoms with E-state index in [1.807, 2.05) is 24.3 Å². The van der Waals surface area contributed by atoms with Gasteiger partial charge in [-0.25, -0.2) is 9.69 Å². The van der Waals surface area contributed by atoms with Gasteiger partial charge in [-0.3, -0.25) is 14.9 Å². The molecule has 0 saturated heterocycles. The lowest BCUT2D eigenvalue weighted by Crippen LogP contribution is -2.30. The Labute approximate surface area is 184 Å². The molecule has 6 nitrogen and oxygen atoms in total. The summed E-state index contributed by atoms with van der Waals surface area (Å²) in [7, 11) is 0. The summed E-state index contributed by atoms with van der Waals surface area (Å²) < 4.78 is 5.23. The Hall–Kier alpha value is -2.83. The molecule has 3 amide bonds. The van der Waals surface area contributed by atoms with E-state index in [1.165, 1.54) is 0 Å². The van der Waals surface area contributed by atoms with Gasteiger partial charge in [0.15, 0.2) is 0 Å². The fourth-order valence-electron chi connectivity index (χ4n) is 2.84. The second kappa shape index (κ2) is 8.50. The summed E-state index contributed by atoms with van der Waals surface area (Å²) in [6.07, 6.45) is 0.126. The average molecular weight is 447 g/mol. The van der Waals surface area contributed by atoms with Gasteiger partial charge in [0.05, 0.1) is 5.69 Å². The largest absolute Gasteiger partial charge is 0.444 e.